The van der Waals surface area contributed by atoms with Crippen LogP contribution in [0.2, 0.25) is 0 Å². The van der Waals surface area contributed by atoms with Gasteiger partial charge < -0.3 is 15.2 Å². The highest BCUT2D eigenvalue weighted by Crippen LogP contribution is 2.24. The third-order valence-electron chi connectivity index (χ3n) is 2.94. The predicted octanol–water partition coefficient (Wildman–Crippen LogP) is 1.78. The molecule has 0 aromatic heterocycles. The van der Waals surface area contributed by atoms with Gasteiger partial charge in [0.15, 0.2) is 0 Å². The maximum atomic E-state index is 11.9. The molecule has 0 saturated carbocycles. The smallest absolute Gasteiger partial charge is 0.327 e. The summed E-state index contributed by atoms with van der Waals surface area (Å²) in [5.41, 5.74) is 1.97. The van der Waals surface area contributed by atoms with E-state index in [1.54, 1.807) is 25.2 Å². The van der Waals surface area contributed by atoms with Crippen molar-refractivity contribution in [2.45, 2.75) is 19.4 Å². The van der Waals surface area contributed by atoms with Crippen molar-refractivity contribution in [3.8, 4) is 0 Å². The molecule has 1 aliphatic heterocycles. The van der Waals surface area contributed by atoms with Crippen molar-refractivity contribution in [2.75, 3.05) is 13.2 Å². The number of aliphatic hydroxyl groups excluding tert-OH is 1. The first-order valence-corrected chi connectivity index (χ1v) is 6.11. The Morgan fingerprint density at radius 1 is 1.50 bits per heavy atom. The number of hydrogen-bond acceptors (Lipinski definition) is 4. The second-order valence-electron chi connectivity index (χ2n) is 4.15. The minimum absolute atomic E-state index is 0.212. The van der Waals surface area contributed by atoms with Crippen LogP contribution in [0.1, 0.15) is 13.3 Å². The Morgan fingerprint density at radius 2 is 2.33 bits per heavy atom. The first kappa shape index (κ1) is 12.6. The number of carbonyl (C=O) groups excluding carboxylic acids is 1. The molecule has 0 aromatic rings. The molecule has 96 valence electrons. The van der Waals surface area contributed by atoms with Crippen molar-refractivity contribution in [2.24, 2.45) is 0 Å². The Morgan fingerprint density at radius 3 is 3.11 bits per heavy atom. The summed E-state index contributed by atoms with van der Waals surface area (Å²) in [7, 11) is 0. The van der Waals surface area contributed by atoms with Crippen molar-refractivity contribution in [1.29, 1.82) is 0 Å². The van der Waals surface area contributed by atoms with Crippen LogP contribution < -0.4 is 5.32 Å². The molecule has 0 radical (unpaired) electrons. The van der Waals surface area contributed by atoms with Crippen molar-refractivity contribution in [3.05, 3.63) is 47.3 Å². The molecule has 1 unspecified atom stereocenters. The molecule has 0 spiro atoms. The summed E-state index contributed by atoms with van der Waals surface area (Å²) in [6, 6.07) is -0.414. The lowest BCUT2D eigenvalue weighted by Crippen LogP contribution is -2.44. The molecule has 4 heteroatoms. The average molecular weight is 247 g/mol. The van der Waals surface area contributed by atoms with Gasteiger partial charge in [0.1, 0.15) is 11.8 Å². The van der Waals surface area contributed by atoms with Crippen LogP contribution in [0.4, 0.5) is 0 Å². The van der Waals surface area contributed by atoms with E-state index in [4.69, 9.17) is 4.74 Å². The maximum Gasteiger partial charge on any atom is 0.327 e. The van der Waals surface area contributed by atoms with Gasteiger partial charge in [-0.05, 0) is 36.6 Å². The lowest BCUT2D eigenvalue weighted by molar-refractivity contribution is -0.144. The van der Waals surface area contributed by atoms with E-state index in [2.05, 4.69) is 5.32 Å². The van der Waals surface area contributed by atoms with Crippen LogP contribution in [0.25, 0.3) is 0 Å². The third kappa shape index (κ3) is 2.71. The summed E-state index contributed by atoms with van der Waals surface area (Å²) in [6.45, 7) is 2.90. The van der Waals surface area contributed by atoms with Gasteiger partial charge in [-0.15, -0.1) is 0 Å². The fourth-order valence-electron chi connectivity index (χ4n) is 2.10. The lowest BCUT2D eigenvalue weighted by atomic mass is 9.90. The molecule has 2 aliphatic rings. The fourth-order valence-corrected chi connectivity index (χ4v) is 2.10. The molecule has 1 heterocycles. The number of allylic oxidation sites excluding steroid dienone is 5. The zero-order valence-electron chi connectivity index (χ0n) is 10.3. The van der Waals surface area contributed by atoms with Gasteiger partial charge in [0.2, 0.25) is 0 Å². The second kappa shape index (κ2) is 5.69. The van der Waals surface area contributed by atoms with E-state index in [-0.39, 0.29) is 11.7 Å². The Bertz CT molecular complexity index is 458. The highest BCUT2D eigenvalue weighted by Gasteiger charge is 2.29. The van der Waals surface area contributed by atoms with Crippen LogP contribution in [-0.2, 0) is 9.53 Å². The molecule has 0 aromatic carbocycles. The highest BCUT2D eigenvalue weighted by molar-refractivity contribution is 5.82. The van der Waals surface area contributed by atoms with E-state index in [0.29, 0.717) is 6.61 Å². The number of rotatable bonds is 2. The summed E-state index contributed by atoms with van der Waals surface area (Å²) in [4.78, 5) is 11.9. The summed E-state index contributed by atoms with van der Waals surface area (Å²) in [5, 5.41) is 12.6. The van der Waals surface area contributed by atoms with Gasteiger partial charge in [-0.25, -0.2) is 4.79 Å². The summed E-state index contributed by atoms with van der Waals surface area (Å²) < 4.78 is 5.07. The summed E-state index contributed by atoms with van der Waals surface area (Å²) in [5.74, 6) is -0.0412. The molecule has 0 amide bonds. The lowest BCUT2D eigenvalue weighted by Gasteiger charge is -2.27. The Balaban J connectivity index is 2.28. The van der Waals surface area contributed by atoms with E-state index < -0.39 is 6.04 Å². The molecule has 0 bridgehead atoms. The Hall–Kier alpha value is -1.81. The van der Waals surface area contributed by atoms with Crippen LogP contribution in [0, 0.1) is 0 Å². The number of aliphatic hydroxyl groups is 1. The number of piperidine rings is 1. The van der Waals surface area contributed by atoms with E-state index in [0.717, 1.165) is 24.1 Å². The summed E-state index contributed by atoms with van der Waals surface area (Å²) in [6.07, 6.45) is 9.52. The van der Waals surface area contributed by atoms with Crippen molar-refractivity contribution >= 4 is 5.97 Å². The normalized spacial score (nSPS) is 27.6. The molecule has 2 rings (SSSR count). The first-order chi connectivity index (χ1) is 8.72. The van der Waals surface area contributed by atoms with Gasteiger partial charge in [-0.2, -0.15) is 0 Å². The quantitative estimate of drug-likeness (QED) is 0.730. The first-order valence-electron chi connectivity index (χ1n) is 6.11. The molecular formula is C14H17NO3. The summed E-state index contributed by atoms with van der Waals surface area (Å²) >= 11 is 0. The number of fused-ring (bicyclic) bond motifs is 1. The van der Waals surface area contributed by atoms with Gasteiger partial charge in [-0.3, -0.25) is 0 Å². The number of ether oxygens (including phenoxy) is 1. The minimum Gasteiger partial charge on any atom is -0.508 e. The number of carbonyl (C=O) groups is 1. The van der Waals surface area contributed by atoms with Gasteiger partial charge in [-0.1, -0.05) is 18.2 Å². The van der Waals surface area contributed by atoms with Crippen molar-refractivity contribution in [3.63, 3.8) is 0 Å². The van der Waals surface area contributed by atoms with Crippen LogP contribution >= 0.6 is 0 Å². The minimum atomic E-state index is -0.414. The highest BCUT2D eigenvalue weighted by atomic mass is 16.5. The zero-order valence-corrected chi connectivity index (χ0v) is 10.3. The standard InChI is InChI=1S/C14H17NO3/c1-2-18-14(17)13-12-5-3-4-11(16)7-6-10(12)8-9-15-13/h3-7,13,15-16H,2,8-9H2,1H3/b4-3-,5-3?,7-6?,10-6?,11-4?,11-7+,12-5?. The largest absolute Gasteiger partial charge is 0.508 e. The number of nitrogens with one attached hydrogen (secondary N) is 1. The van der Waals surface area contributed by atoms with Crippen molar-refractivity contribution in [1.82, 2.24) is 5.32 Å². The van der Waals surface area contributed by atoms with Crippen LogP contribution in [-0.4, -0.2) is 30.3 Å². The molecule has 2 N–H and O–H groups in total. The number of esters is 1. The second-order valence-corrected chi connectivity index (χ2v) is 4.15. The van der Waals surface area contributed by atoms with Gasteiger partial charge in [0.05, 0.1) is 6.61 Å². The molecule has 1 atom stereocenters. The van der Waals surface area contributed by atoms with Crippen LogP contribution in [0.3, 0.4) is 0 Å². The maximum absolute atomic E-state index is 11.9. The molecule has 4 nitrogen and oxygen atoms in total. The Labute approximate surface area is 106 Å². The predicted molar refractivity (Wildman–Crippen MR) is 69.1 cm³/mol. The molecule has 1 fully saturated rings. The fraction of sp³-hybridized carbons (Fsp3) is 0.357. The molecule has 1 saturated heterocycles. The molecule has 18 heavy (non-hydrogen) atoms. The van der Waals surface area contributed by atoms with E-state index in [1.807, 2.05) is 12.2 Å². The van der Waals surface area contributed by atoms with Crippen LogP contribution in [0.15, 0.2) is 47.3 Å². The average Bonchev–Trinajstić information content (AvgIpc) is 2.34. The van der Waals surface area contributed by atoms with E-state index in [1.165, 1.54) is 0 Å². The molecular weight excluding hydrogens is 230 g/mol. The van der Waals surface area contributed by atoms with Gasteiger partial charge in [0, 0.05) is 6.54 Å². The van der Waals surface area contributed by atoms with Gasteiger partial charge >= 0.3 is 5.97 Å². The van der Waals surface area contributed by atoms with Crippen LogP contribution in [0.5, 0.6) is 0 Å². The van der Waals surface area contributed by atoms with E-state index >= 15 is 0 Å². The molecule has 1 aliphatic carbocycles. The van der Waals surface area contributed by atoms with Crippen molar-refractivity contribution < 1.29 is 14.6 Å². The zero-order chi connectivity index (χ0) is 13.0. The van der Waals surface area contributed by atoms with E-state index in [9.17, 15) is 9.90 Å². The van der Waals surface area contributed by atoms with Gasteiger partial charge in [0.25, 0.3) is 0 Å². The number of hydrogen-bond donors (Lipinski definition) is 2. The SMILES string of the molecule is CCOC(=O)C1NCCC2=C/C=C(O)\C=C/C=C21. The topological polar surface area (TPSA) is 58.6 Å². The monoisotopic (exact) mass is 247 g/mol. The Kier molecular flexibility index (Phi) is 3.99. The third-order valence-corrected chi connectivity index (χ3v) is 2.94.